The van der Waals surface area contributed by atoms with Crippen molar-refractivity contribution in [2.45, 2.75) is 0 Å². The van der Waals surface area contributed by atoms with E-state index in [9.17, 15) is 0 Å². The second kappa shape index (κ2) is 5.22. The van der Waals surface area contributed by atoms with E-state index < -0.39 is 0 Å². The van der Waals surface area contributed by atoms with Gasteiger partial charge in [0.25, 0.3) is 0 Å². The van der Waals surface area contributed by atoms with E-state index in [1.807, 2.05) is 12.1 Å². The minimum absolute atomic E-state index is 0.161. The number of fused-ring (bicyclic) bond motifs is 1. The molecule has 5 heteroatoms. The number of azide groups is 1. The van der Waals surface area contributed by atoms with Gasteiger partial charge in [-0.05, 0) is 23.7 Å². The van der Waals surface area contributed by atoms with Crippen molar-refractivity contribution in [2.75, 3.05) is 6.54 Å². The zero-order valence-corrected chi connectivity index (χ0v) is 9.52. The lowest BCUT2D eigenvalue weighted by molar-refractivity contribution is 1.25. The van der Waals surface area contributed by atoms with Crippen molar-refractivity contribution in [3.05, 3.63) is 51.5 Å². The summed E-state index contributed by atoms with van der Waals surface area (Å²) in [6, 6.07) is 7.28. The Bertz CT molecular complexity index is 663. The number of rotatable bonds is 1. The molecule has 0 saturated heterocycles. The SMILES string of the molecule is [N-]=[N+]=NCC#Cc1ccnc2cc(Cl)ccc12. The zero-order chi connectivity index (χ0) is 12.1. The van der Waals surface area contributed by atoms with Gasteiger partial charge in [-0.3, -0.25) is 4.98 Å². The molecule has 1 aromatic carbocycles. The molecular weight excluding hydrogens is 236 g/mol. The van der Waals surface area contributed by atoms with Crippen molar-refractivity contribution in [1.82, 2.24) is 4.98 Å². The Hall–Kier alpha value is -2.21. The second-order valence-corrected chi connectivity index (χ2v) is 3.65. The Morgan fingerprint density at radius 2 is 2.29 bits per heavy atom. The van der Waals surface area contributed by atoms with Crippen LogP contribution in [0.5, 0.6) is 0 Å². The third-order valence-corrected chi connectivity index (χ3v) is 2.38. The molecule has 0 fully saturated rings. The maximum absolute atomic E-state index is 8.13. The predicted octanol–water partition coefficient (Wildman–Crippen LogP) is 3.55. The van der Waals surface area contributed by atoms with Crippen LogP contribution in [-0.4, -0.2) is 11.5 Å². The van der Waals surface area contributed by atoms with Crippen LogP contribution in [0.3, 0.4) is 0 Å². The fourth-order valence-electron chi connectivity index (χ4n) is 1.43. The lowest BCUT2D eigenvalue weighted by Gasteiger charge is -1.99. The van der Waals surface area contributed by atoms with Crippen molar-refractivity contribution in [3.8, 4) is 11.8 Å². The van der Waals surface area contributed by atoms with Gasteiger partial charge in [0.1, 0.15) is 0 Å². The summed E-state index contributed by atoms with van der Waals surface area (Å²) in [6.45, 7) is 0.161. The lowest BCUT2D eigenvalue weighted by atomic mass is 10.1. The largest absolute Gasteiger partial charge is 0.256 e. The maximum atomic E-state index is 8.13. The number of aromatic nitrogens is 1. The molecule has 0 aliphatic rings. The van der Waals surface area contributed by atoms with Gasteiger partial charge in [-0.1, -0.05) is 34.6 Å². The minimum Gasteiger partial charge on any atom is -0.256 e. The van der Waals surface area contributed by atoms with E-state index in [1.54, 1.807) is 18.3 Å². The van der Waals surface area contributed by atoms with Crippen LogP contribution < -0.4 is 0 Å². The van der Waals surface area contributed by atoms with E-state index in [0.29, 0.717) is 5.02 Å². The Labute approximate surface area is 103 Å². The molecule has 0 saturated carbocycles. The standard InChI is InChI=1S/C12H7ClN4/c13-10-3-4-11-9(2-1-6-16-17-14)5-7-15-12(11)8-10/h3-5,7-8H,6H2. The first-order valence-electron chi connectivity index (χ1n) is 4.85. The molecule has 0 radical (unpaired) electrons. The highest BCUT2D eigenvalue weighted by molar-refractivity contribution is 6.31. The Morgan fingerprint density at radius 3 is 3.12 bits per heavy atom. The lowest BCUT2D eigenvalue weighted by Crippen LogP contribution is -1.83. The number of benzene rings is 1. The number of nitrogens with zero attached hydrogens (tertiary/aromatic N) is 4. The average molecular weight is 243 g/mol. The van der Waals surface area contributed by atoms with E-state index in [0.717, 1.165) is 16.5 Å². The fraction of sp³-hybridized carbons (Fsp3) is 0.0833. The fourth-order valence-corrected chi connectivity index (χ4v) is 1.60. The quantitative estimate of drug-likeness (QED) is 0.326. The summed E-state index contributed by atoms with van der Waals surface area (Å²) in [5.74, 6) is 5.72. The number of halogens is 1. The van der Waals surface area contributed by atoms with Crippen molar-refractivity contribution in [1.29, 1.82) is 0 Å². The first-order chi connectivity index (χ1) is 8.31. The normalized spacial score (nSPS) is 9.24. The van der Waals surface area contributed by atoms with Gasteiger partial charge in [0.2, 0.25) is 0 Å². The first-order valence-corrected chi connectivity index (χ1v) is 5.23. The molecule has 2 aromatic rings. The van der Waals surface area contributed by atoms with E-state index in [-0.39, 0.29) is 6.54 Å². The van der Waals surface area contributed by atoms with E-state index in [2.05, 4.69) is 26.9 Å². The van der Waals surface area contributed by atoms with Crippen molar-refractivity contribution in [3.63, 3.8) is 0 Å². The molecule has 4 nitrogen and oxygen atoms in total. The summed E-state index contributed by atoms with van der Waals surface area (Å²) in [5, 5.41) is 4.93. The van der Waals surface area contributed by atoms with Crippen LogP contribution in [0.1, 0.15) is 5.56 Å². The monoisotopic (exact) mass is 242 g/mol. The molecule has 0 unspecified atom stereocenters. The second-order valence-electron chi connectivity index (χ2n) is 3.21. The number of hydrogen-bond donors (Lipinski definition) is 0. The zero-order valence-electron chi connectivity index (χ0n) is 8.76. The first kappa shape index (κ1) is 11.3. The molecule has 1 heterocycles. The van der Waals surface area contributed by atoms with Crippen LogP contribution in [0.2, 0.25) is 5.02 Å². The third-order valence-electron chi connectivity index (χ3n) is 2.14. The topological polar surface area (TPSA) is 61.7 Å². The molecule has 17 heavy (non-hydrogen) atoms. The van der Waals surface area contributed by atoms with Gasteiger partial charge in [-0.15, -0.1) is 0 Å². The van der Waals surface area contributed by atoms with Crippen LogP contribution in [0.4, 0.5) is 0 Å². The number of pyridine rings is 1. The third kappa shape index (κ3) is 2.67. The van der Waals surface area contributed by atoms with Gasteiger partial charge in [-0.25, -0.2) is 0 Å². The van der Waals surface area contributed by atoms with Crippen LogP contribution in [0, 0.1) is 11.8 Å². The highest BCUT2D eigenvalue weighted by Gasteiger charge is 1.99. The Kier molecular flexibility index (Phi) is 3.46. The van der Waals surface area contributed by atoms with E-state index in [1.165, 1.54) is 0 Å². The van der Waals surface area contributed by atoms with Gasteiger partial charge in [0.05, 0.1) is 12.1 Å². The van der Waals surface area contributed by atoms with Crippen LogP contribution in [0.25, 0.3) is 21.3 Å². The molecule has 0 bridgehead atoms. The summed E-state index contributed by atoms with van der Waals surface area (Å²) < 4.78 is 0. The molecule has 82 valence electrons. The smallest absolute Gasteiger partial charge is 0.0880 e. The highest BCUT2D eigenvalue weighted by atomic mass is 35.5. The maximum Gasteiger partial charge on any atom is 0.0880 e. The average Bonchev–Trinajstić information content (AvgIpc) is 2.34. The molecule has 1 aromatic heterocycles. The van der Waals surface area contributed by atoms with Gasteiger partial charge in [0.15, 0.2) is 0 Å². The van der Waals surface area contributed by atoms with Crippen LogP contribution >= 0.6 is 11.6 Å². The van der Waals surface area contributed by atoms with E-state index >= 15 is 0 Å². The molecule has 0 spiro atoms. The Morgan fingerprint density at radius 1 is 1.41 bits per heavy atom. The Balaban J connectivity index is 2.46. The van der Waals surface area contributed by atoms with Crippen molar-refractivity contribution in [2.24, 2.45) is 5.11 Å². The van der Waals surface area contributed by atoms with Gasteiger partial charge in [0, 0.05) is 27.1 Å². The molecular formula is C12H7ClN4. The van der Waals surface area contributed by atoms with E-state index in [4.69, 9.17) is 17.1 Å². The molecule has 0 atom stereocenters. The van der Waals surface area contributed by atoms with Gasteiger partial charge >= 0.3 is 0 Å². The molecule has 0 N–H and O–H groups in total. The number of hydrogen-bond acceptors (Lipinski definition) is 2. The van der Waals surface area contributed by atoms with Crippen LogP contribution in [0.15, 0.2) is 35.6 Å². The summed E-state index contributed by atoms with van der Waals surface area (Å²) in [5.41, 5.74) is 9.78. The highest BCUT2D eigenvalue weighted by Crippen LogP contribution is 2.19. The summed E-state index contributed by atoms with van der Waals surface area (Å²) in [6.07, 6.45) is 1.68. The van der Waals surface area contributed by atoms with Gasteiger partial charge in [-0.2, -0.15) is 0 Å². The molecule has 0 aliphatic heterocycles. The predicted molar refractivity (Wildman–Crippen MR) is 67.6 cm³/mol. The molecule has 0 amide bonds. The van der Waals surface area contributed by atoms with Crippen molar-refractivity contribution < 1.29 is 0 Å². The summed E-state index contributed by atoms with van der Waals surface area (Å²) in [4.78, 5) is 6.85. The molecule has 2 rings (SSSR count). The molecule has 0 aliphatic carbocycles. The van der Waals surface area contributed by atoms with Crippen molar-refractivity contribution >= 4 is 22.5 Å². The summed E-state index contributed by atoms with van der Waals surface area (Å²) in [7, 11) is 0. The minimum atomic E-state index is 0.161. The van der Waals surface area contributed by atoms with Gasteiger partial charge < -0.3 is 0 Å². The summed E-state index contributed by atoms with van der Waals surface area (Å²) >= 11 is 5.89. The van der Waals surface area contributed by atoms with Crippen LogP contribution in [-0.2, 0) is 0 Å².